The molecule has 2 aromatic carbocycles. The molecule has 1 aliphatic rings. The molecule has 33 heavy (non-hydrogen) atoms. The van der Waals surface area contributed by atoms with Crippen molar-refractivity contribution in [2.24, 2.45) is 0 Å². The summed E-state index contributed by atoms with van der Waals surface area (Å²) in [7, 11) is 0. The molecular formula is C24H25F3N4O2. The first-order valence-corrected chi connectivity index (χ1v) is 10.8. The summed E-state index contributed by atoms with van der Waals surface area (Å²) in [6.45, 7) is 6.96. The highest BCUT2D eigenvalue weighted by atomic mass is 19.4. The van der Waals surface area contributed by atoms with Crippen molar-refractivity contribution in [3.8, 4) is 0 Å². The van der Waals surface area contributed by atoms with E-state index in [0.717, 1.165) is 19.2 Å². The number of para-hydroxylation sites is 1. The Bertz CT molecular complexity index is 1230. The van der Waals surface area contributed by atoms with Crippen LogP contribution in [0.4, 0.5) is 24.5 Å². The number of nitrogens with one attached hydrogen (secondary N) is 2. The van der Waals surface area contributed by atoms with E-state index in [9.17, 15) is 22.8 Å². The number of benzene rings is 2. The van der Waals surface area contributed by atoms with Gasteiger partial charge in [-0.05, 0) is 44.2 Å². The molecule has 2 N–H and O–H groups in total. The lowest BCUT2D eigenvalue weighted by Crippen LogP contribution is -2.48. The van der Waals surface area contributed by atoms with Crippen LogP contribution in [-0.4, -0.2) is 48.0 Å². The van der Waals surface area contributed by atoms with Gasteiger partial charge in [0.15, 0.2) is 0 Å². The van der Waals surface area contributed by atoms with E-state index in [1.54, 1.807) is 30.3 Å². The number of pyridine rings is 1. The molecule has 6 nitrogen and oxygen atoms in total. The molecule has 0 atom stereocenters. The second-order valence-corrected chi connectivity index (χ2v) is 8.38. The van der Waals surface area contributed by atoms with Gasteiger partial charge in [-0.25, -0.2) is 0 Å². The van der Waals surface area contributed by atoms with Crippen LogP contribution in [0.15, 0.2) is 53.5 Å². The molecule has 1 aromatic heterocycles. The molecular weight excluding hydrogens is 433 g/mol. The van der Waals surface area contributed by atoms with Crippen molar-refractivity contribution in [2.45, 2.75) is 26.1 Å². The highest BCUT2D eigenvalue weighted by Crippen LogP contribution is 2.37. The Morgan fingerprint density at radius 3 is 2.42 bits per heavy atom. The van der Waals surface area contributed by atoms with Crippen LogP contribution in [0, 0.1) is 0 Å². The van der Waals surface area contributed by atoms with Gasteiger partial charge in [0, 0.05) is 55.0 Å². The normalized spacial score (nSPS) is 15.3. The molecule has 0 aliphatic carbocycles. The number of carbonyl (C=O) groups excluding carboxylic acids is 1. The van der Waals surface area contributed by atoms with Gasteiger partial charge in [0.25, 0.3) is 5.91 Å². The minimum absolute atomic E-state index is 0.254. The van der Waals surface area contributed by atoms with Crippen molar-refractivity contribution >= 4 is 28.2 Å². The zero-order chi connectivity index (χ0) is 23.8. The average molecular weight is 458 g/mol. The van der Waals surface area contributed by atoms with Gasteiger partial charge < -0.3 is 15.2 Å². The van der Waals surface area contributed by atoms with Gasteiger partial charge in [-0.1, -0.05) is 12.1 Å². The minimum atomic E-state index is -4.67. The van der Waals surface area contributed by atoms with Gasteiger partial charge in [0.2, 0.25) is 5.43 Å². The van der Waals surface area contributed by atoms with Crippen LogP contribution in [0.5, 0.6) is 0 Å². The summed E-state index contributed by atoms with van der Waals surface area (Å²) in [5.41, 5.74) is -1.14. The molecule has 0 radical (unpaired) electrons. The third-order valence-corrected chi connectivity index (χ3v) is 6.00. The molecule has 1 amide bonds. The van der Waals surface area contributed by atoms with E-state index in [4.69, 9.17) is 0 Å². The van der Waals surface area contributed by atoms with E-state index >= 15 is 0 Å². The number of nitrogens with zero attached hydrogens (tertiary/aromatic N) is 2. The lowest BCUT2D eigenvalue weighted by atomic mass is 10.1. The highest BCUT2D eigenvalue weighted by Gasteiger charge is 2.35. The number of piperazine rings is 1. The van der Waals surface area contributed by atoms with Crippen molar-refractivity contribution in [1.82, 2.24) is 9.88 Å². The second-order valence-electron chi connectivity index (χ2n) is 8.38. The van der Waals surface area contributed by atoms with Crippen molar-refractivity contribution in [1.29, 1.82) is 0 Å². The summed E-state index contributed by atoms with van der Waals surface area (Å²) >= 11 is 0. The van der Waals surface area contributed by atoms with Crippen molar-refractivity contribution in [2.75, 3.05) is 36.4 Å². The molecule has 3 aromatic rings. The largest absolute Gasteiger partial charge is 0.418 e. The number of hydrogen-bond acceptors (Lipinski definition) is 4. The maximum absolute atomic E-state index is 13.9. The fraction of sp³-hybridized carbons (Fsp3) is 0.333. The number of carbonyl (C=O) groups is 1. The van der Waals surface area contributed by atoms with Gasteiger partial charge in [-0.2, -0.15) is 13.2 Å². The van der Waals surface area contributed by atoms with Crippen LogP contribution in [0.2, 0.25) is 0 Å². The number of rotatable bonds is 4. The van der Waals surface area contributed by atoms with Gasteiger partial charge >= 0.3 is 6.18 Å². The summed E-state index contributed by atoms with van der Waals surface area (Å²) in [4.78, 5) is 32.4. The molecule has 2 heterocycles. The van der Waals surface area contributed by atoms with E-state index in [1.165, 1.54) is 12.3 Å². The number of halogens is 3. The molecule has 4 rings (SSSR count). The Morgan fingerprint density at radius 2 is 1.76 bits per heavy atom. The van der Waals surface area contributed by atoms with Gasteiger partial charge in [-0.15, -0.1) is 0 Å². The Labute approximate surface area is 189 Å². The van der Waals surface area contributed by atoms with Crippen LogP contribution in [-0.2, 0) is 6.18 Å². The molecule has 9 heteroatoms. The molecule has 1 aliphatic heterocycles. The summed E-state index contributed by atoms with van der Waals surface area (Å²) < 4.78 is 41.6. The fourth-order valence-corrected chi connectivity index (χ4v) is 4.09. The lowest BCUT2D eigenvalue weighted by molar-refractivity contribution is -0.136. The molecule has 174 valence electrons. The summed E-state index contributed by atoms with van der Waals surface area (Å²) in [5.74, 6) is -0.897. The van der Waals surface area contributed by atoms with Crippen LogP contribution >= 0.6 is 0 Å². The van der Waals surface area contributed by atoms with E-state index in [1.807, 2.05) is 4.90 Å². The topological polar surface area (TPSA) is 68.4 Å². The SMILES string of the molecule is CC(C)N1CCN(c2ccc(NC(=O)c3c[nH]c4ccccc4c3=O)c(C(F)(F)F)c2)CC1. The van der Waals surface area contributed by atoms with Crippen LogP contribution in [0.1, 0.15) is 29.8 Å². The molecule has 1 saturated heterocycles. The van der Waals surface area contributed by atoms with Crippen LogP contribution < -0.4 is 15.6 Å². The number of H-pyrrole nitrogens is 1. The van der Waals surface area contributed by atoms with Gasteiger partial charge in [0.1, 0.15) is 5.56 Å². The predicted octanol–water partition coefficient (Wildman–Crippen LogP) is 4.33. The zero-order valence-corrected chi connectivity index (χ0v) is 18.4. The van der Waals surface area contributed by atoms with Crippen molar-refractivity contribution in [3.05, 3.63) is 70.0 Å². The number of fused-ring (bicyclic) bond motifs is 1. The smallest absolute Gasteiger partial charge is 0.369 e. The molecule has 1 fully saturated rings. The first kappa shape index (κ1) is 22.8. The van der Waals surface area contributed by atoms with Gasteiger partial charge in [-0.3, -0.25) is 14.5 Å². The first-order valence-electron chi connectivity index (χ1n) is 10.8. The third-order valence-electron chi connectivity index (χ3n) is 6.00. The van der Waals surface area contributed by atoms with E-state index in [2.05, 4.69) is 29.0 Å². The molecule has 0 bridgehead atoms. The van der Waals surface area contributed by atoms with Crippen molar-refractivity contribution < 1.29 is 18.0 Å². The number of aromatic nitrogens is 1. The number of aromatic amines is 1. The monoisotopic (exact) mass is 458 g/mol. The van der Waals surface area contributed by atoms with Crippen LogP contribution in [0.25, 0.3) is 10.9 Å². The van der Waals surface area contributed by atoms with Crippen molar-refractivity contribution in [3.63, 3.8) is 0 Å². The number of hydrogen-bond donors (Lipinski definition) is 2. The Kier molecular flexibility index (Phi) is 6.16. The highest BCUT2D eigenvalue weighted by molar-refractivity contribution is 6.06. The zero-order valence-electron chi connectivity index (χ0n) is 18.4. The predicted molar refractivity (Wildman–Crippen MR) is 123 cm³/mol. The third kappa shape index (κ3) is 4.73. The Hall–Kier alpha value is -3.33. The summed E-state index contributed by atoms with van der Waals surface area (Å²) in [5, 5.41) is 2.57. The summed E-state index contributed by atoms with van der Waals surface area (Å²) in [6, 6.07) is 10.9. The van der Waals surface area contributed by atoms with E-state index in [-0.39, 0.29) is 16.6 Å². The number of anilines is 2. The molecule has 0 unspecified atom stereocenters. The standard InChI is InChI=1S/C24H25F3N4O2/c1-15(2)30-9-11-31(12-10-30)16-7-8-21(19(13-16)24(25,26)27)29-23(33)18-14-28-20-6-4-3-5-17(20)22(18)32/h3-8,13-15H,9-12H2,1-2H3,(H,28,32)(H,29,33). The quantitative estimate of drug-likeness (QED) is 0.611. The first-order chi connectivity index (χ1) is 15.6. The van der Waals surface area contributed by atoms with Gasteiger partial charge in [0.05, 0.1) is 11.3 Å². The number of alkyl halides is 3. The lowest BCUT2D eigenvalue weighted by Gasteiger charge is -2.38. The maximum atomic E-state index is 13.9. The molecule has 0 saturated carbocycles. The second kappa shape index (κ2) is 8.90. The Balaban J connectivity index is 1.61. The van der Waals surface area contributed by atoms with E-state index in [0.29, 0.717) is 30.3 Å². The minimum Gasteiger partial charge on any atom is -0.369 e. The number of amides is 1. The summed E-state index contributed by atoms with van der Waals surface area (Å²) in [6.07, 6.45) is -3.45. The molecule has 0 spiro atoms. The van der Waals surface area contributed by atoms with Crippen LogP contribution in [0.3, 0.4) is 0 Å². The fourth-order valence-electron chi connectivity index (χ4n) is 4.09. The van der Waals surface area contributed by atoms with E-state index < -0.39 is 23.1 Å². The average Bonchev–Trinajstić information content (AvgIpc) is 2.79. The Morgan fingerprint density at radius 1 is 1.06 bits per heavy atom. The maximum Gasteiger partial charge on any atom is 0.418 e.